The van der Waals surface area contributed by atoms with Crippen molar-refractivity contribution in [2.75, 3.05) is 6.79 Å². The van der Waals surface area contributed by atoms with Crippen molar-refractivity contribution in [1.29, 1.82) is 5.26 Å². The lowest BCUT2D eigenvalue weighted by Crippen LogP contribution is -2.22. The molecule has 0 spiro atoms. The average Bonchev–Trinajstić information content (AvgIpc) is 3.15. The molecule has 1 aliphatic carbocycles. The maximum absolute atomic E-state index is 13.1. The van der Waals surface area contributed by atoms with Gasteiger partial charge in [0.1, 0.15) is 5.25 Å². The van der Waals surface area contributed by atoms with E-state index in [0.29, 0.717) is 22.1 Å². The van der Waals surface area contributed by atoms with Crippen molar-refractivity contribution in [1.82, 2.24) is 0 Å². The molecule has 0 radical (unpaired) electrons. The quantitative estimate of drug-likeness (QED) is 0.831. The minimum absolute atomic E-state index is 0.0261. The second kappa shape index (κ2) is 5.87. The van der Waals surface area contributed by atoms with Gasteiger partial charge < -0.3 is 14.6 Å². The Morgan fingerprint density at radius 1 is 1.19 bits per heavy atom. The molecule has 4 rings (SSSR count). The van der Waals surface area contributed by atoms with E-state index in [1.165, 1.54) is 30.3 Å². The number of sulfone groups is 1. The van der Waals surface area contributed by atoms with Crippen molar-refractivity contribution in [3.05, 3.63) is 53.1 Å². The molecule has 1 fully saturated rings. The highest BCUT2D eigenvalue weighted by molar-refractivity contribution is 7.92. The summed E-state index contributed by atoms with van der Waals surface area (Å²) in [5.74, 6) is -1.64. The van der Waals surface area contributed by atoms with Crippen LogP contribution < -0.4 is 9.47 Å². The van der Waals surface area contributed by atoms with Gasteiger partial charge in [0, 0.05) is 10.9 Å². The third-order valence-electron chi connectivity index (χ3n) is 4.90. The lowest BCUT2D eigenvalue weighted by Gasteiger charge is -2.05. The van der Waals surface area contributed by atoms with E-state index in [0.717, 1.165) is 0 Å². The Kier molecular flexibility index (Phi) is 3.84. The number of carboxylic acid groups (broad SMARTS) is 1. The minimum Gasteiger partial charge on any atom is -0.480 e. The minimum atomic E-state index is -4.09. The lowest BCUT2D eigenvalue weighted by atomic mass is 10.0. The van der Waals surface area contributed by atoms with E-state index in [9.17, 15) is 23.6 Å². The third-order valence-corrected chi connectivity index (χ3v) is 7.40. The molecule has 1 heterocycles. The molecule has 0 aromatic heterocycles. The van der Waals surface area contributed by atoms with E-state index in [-0.39, 0.29) is 11.7 Å². The average molecular weight is 406 g/mol. The molecular formula is C18H12ClNO6S. The number of carboxylic acids is 1. The summed E-state index contributed by atoms with van der Waals surface area (Å²) < 4.78 is 36.7. The van der Waals surface area contributed by atoms with E-state index in [1.54, 1.807) is 18.2 Å². The number of nitriles is 1. The molecule has 7 nitrogen and oxygen atoms in total. The highest BCUT2D eigenvalue weighted by Crippen LogP contribution is 2.64. The van der Waals surface area contributed by atoms with Crippen LogP contribution in [0.4, 0.5) is 0 Å². The highest BCUT2D eigenvalue weighted by atomic mass is 35.5. The maximum atomic E-state index is 13.1. The number of ether oxygens (including phenoxy) is 2. The van der Waals surface area contributed by atoms with Crippen molar-refractivity contribution in [3.8, 4) is 17.6 Å². The first-order valence-electron chi connectivity index (χ1n) is 7.86. The Labute approximate surface area is 159 Å². The van der Waals surface area contributed by atoms with Crippen LogP contribution in [-0.4, -0.2) is 31.5 Å². The van der Waals surface area contributed by atoms with Crippen molar-refractivity contribution in [2.45, 2.75) is 16.1 Å². The van der Waals surface area contributed by atoms with E-state index in [1.807, 2.05) is 0 Å². The summed E-state index contributed by atoms with van der Waals surface area (Å²) in [6.07, 6.45) is 0. The summed E-state index contributed by atoms with van der Waals surface area (Å²) in [5, 5.41) is 18.2. The zero-order chi connectivity index (χ0) is 19.4. The van der Waals surface area contributed by atoms with Crippen LogP contribution >= 0.6 is 11.6 Å². The first-order chi connectivity index (χ1) is 12.8. The highest BCUT2D eigenvalue weighted by Gasteiger charge is 2.77. The molecule has 0 saturated heterocycles. The van der Waals surface area contributed by atoms with Gasteiger partial charge in [0.05, 0.1) is 11.0 Å². The van der Waals surface area contributed by atoms with Crippen LogP contribution in [0.1, 0.15) is 11.5 Å². The Bertz CT molecular complexity index is 1090. The summed E-state index contributed by atoms with van der Waals surface area (Å²) in [5.41, 5.74) is -1.68. The smallest absolute Gasteiger partial charge is 0.326 e. The van der Waals surface area contributed by atoms with Gasteiger partial charge in [-0.3, -0.25) is 4.79 Å². The van der Waals surface area contributed by atoms with Crippen LogP contribution in [0.3, 0.4) is 0 Å². The second-order valence-corrected chi connectivity index (χ2v) is 8.80. The first-order valence-corrected chi connectivity index (χ1v) is 9.78. The molecular weight excluding hydrogens is 394 g/mol. The largest absolute Gasteiger partial charge is 0.480 e. The molecule has 1 aliphatic heterocycles. The molecule has 27 heavy (non-hydrogen) atoms. The molecule has 1 saturated carbocycles. The van der Waals surface area contributed by atoms with Gasteiger partial charge in [-0.25, -0.2) is 8.42 Å². The summed E-state index contributed by atoms with van der Waals surface area (Å²) in [7, 11) is -4.09. The van der Waals surface area contributed by atoms with Crippen LogP contribution in [0, 0.1) is 16.7 Å². The Morgan fingerprint density at radius 2 is 1.85 bits per heavy atom. The first kappa shape index (κ1) is 17.6. The van der Waals surface area contributed by atoms with Crippen molar-refractivity contribution in [2.24, 2.45) is 5.41 Å². The Balaban J connectivity index is 1.82. The molecule has 138 valence electrons. The van der Waals surface area contributed by atoms with Crippen molar-refractivity contribution in [3.63, 3.8) is 0 Å². The van der Waals surface area contributed by atoms with Crippen LogP contribution in [0.15, 0.2) is 47.4 Å². The van der Waals surface area contributed by atoms with Gasteiger partial charge >= 0.3 is 5.97 Å². The second-order valence-electron chi connectivity index (χ2n) is 6.30. The van der Waals surface area contributed by atoms with Crippen LogP contribution in [-0.2, 0) is 14.6 Å². The molecule has 1 N–H and O–H groups in total. The van der Waals surface area contributed by atoms with E-state index >= 15 is 0 Å². The van der Waals surface area contributed by atoms with Gasteiger partial charge in [0.25, 0.3) is 0 Å². The van der Waals surface area contributed by atoms with Gasteiger partial charge in [-0.2, -0.15) is 5.26 Å². The maximum Gasteiger partial charge on any atom is 0.326 e. The number of rotatable bonds is 4. The number of hydrogen-bond acceptors (Lipinski definition) is 6. The Hall–Kier alpha value is -2.76. The monoisotopic (exact) mass is 405 g/mol. The summed E-state index contributed by atoms with van der Waals surface area (Å²) in [6.45, 7) is 0.0261. The number of nitrogens with zero attached hydrogens (tertiary/aromatic N) is 1. The van der Waals surface area contributed by atoms with Crippen LogP contribution in [0.25, 0.3) is 0 Å². The fourth-order valence-electron chi connectivity index (χ4n) is 3.53. The van der Waals surface area contributed by atoms with Crippen molar-refractivity contribution < 1.29 is 27.8 Å². The van der Waals surface area contributed by atoms with Gasteiger partial charge in [-0.05, 0) is 42.0 Å². The zero-order valence-corrected chi connectivity index (χ0v) is 15.2. The molecule has 2 aromatic carbocycles. The van der Waals surface area contributed by atoms with E-state index in [2.05, 4.69) is 0 Å². The van der Waals surface area contributed by atoms with Gasteiger partial charge in [0.15, 0.2) is 26.8 Å². The summed E-state index contributed by atoms with van der Waals surface area (Å²) >= 11 is 5.80. The van der Waals surface area contributed by atoms with Crippen LogP contribution in [0.5, 0.6) is 11.5 Å². The topological polar surface area (TPSA) is 114 Å². The molecule has 2 aliphatic rings. The van der Waals surface area contributed by atoms with Gasteiger partial charge in [-0.1, -0.05) is 17.7 Å². The SMILES string of the molecule is N#C[C@@]1(C(=O)O)[C@H](c2ccc3c(c2)OCO3)[C@@H]1S(=O)(=O)c1ccc(Cl)cc1. The number of fused-ring (bicyclic) bond motifs is 1. The molecule has 0 amide bonds. The van der Waals surface area contributed by atoms with Gasteiger partial charge in [0.2, 0.25) is 6.79 Å². The third kappa shape index (κ3) is 2.46. The standard InChI is InChI=1S/C18H12ClNO6S/c19-11-2-4-12(5-3-11)27(23,24)16-15(18(16,8-20)17(21)22)10-1-6-13-14(7-10)26-9-25-13/h1-7,15-16H,9H2,(H,21,22)/t15-,16+,18-/m1/s1. The molecule has 9 heteroatoms. The summed E-state index contributed by atoms with van der Waals surface area (Å²) in [4.78, 5) is 11.8. The van der Waals surface area contributed by atoms with E-state index < -0.39 is 32.4 Å². The number of halogens is 1. The number of carbonyl (C=O) groups is 1. The predicted octanol–water partition coefficient (Wildman–Crippen LogP) is 2.60. The lowest BCUT2D eigenvalue weighted by molar-refractivity contribution is -0.141. The predicted molar refractivity (Wildman–Crippen MR) is 93.4 cm³/mol. The van der Waals surface area contributed by atoms with E-state index in [4.69, 9.17) is 21.1 Å². The Morgan fingerprint density at radius 3 is 2.48 bits per heavy atom. The van der Waals surface area contributed by atoms with Gasteiger partial charge in [-0.15, -0.1) is 0 Å². The molecule has 3 atom stereocenters. The number of hydrogen-bond donors (Lipinski definition) is 1. The summed E-state index contributed by atoms with van der Waals surface area (Å²) in [6, 6.07) is 11.8. The zero-order valence-electron chi connectivity index (χ0n) is 13.6. The number of benzene rings is 2. The fourth-order valence-corrected chi connectivity index (χ4v) is 5.91. The molecule has 0 unspecified atom stereocenters. The fraction of sp³-hybridized carbons (Fsp3) is 0.222. The molecule has 0 bridgehead atoms. The number of aliphatic carboxylic acids is 1. The van der Waals surface area contributed by atoms with Crippen molar-refractivity contribution >= 4 is 27.4 Å². The molecule has 2 aromatic rings. The normalized spacial score (nSPS) is 25.6. The van der Waals surface area contributed by atoms with Crippen LogP contribution in [0.2, 0.25) is 5.02 Å².